The molecule has 1 fully saturated rings. The van der Waals surface area contributed by atoms with E-state index in [1.807, 2.05) is 12.1 Å². The highest BCUT2D eigenvalue weighted by Crippen LogP contribution is 2.36. The first-order valence-electron chi connectivity index (χ1n) is 7.20. The minimum Gasteiger partial charge on any atom is -0.370 e. The zero-order valence-electron chi connectivity index (χ0n) is 12.2. The van der Waals surface area contributed by atoms with E-state index >= 15 is 0 Å². The van der Waals surface area contributed by atoms with Crippen LogP contribution in [0.25, 0.3) is 0 Å². The molecule has 1 aliphatic rings. The molecule has 2 atom stereocenters. The molecule has 2 nitrogen and oxygen atoms in total. The molecular formula is C17H24O2. The predicted octanol–water partition coefficient (Wildman–Crippen LogP) is 3.70. The van der Waals surface area contributed by atoms with E-state index in [-0.39, 0.29) is 5.78 Å². The third-order valence-electron chi connectivity index (χ3n) is 4.34. The first-order chi connectivity index (χ1) is 9.05. The normalized spacial score (nSPS) is 27.2. The van der Waals surface area contributed by atoms with Crippen molar-refractivity contribution in [2.45, 2.75) is 51.6 Å². The van der Waals surface area contributed by atoms with Gasteiger partial charge in [-0.2, -0.15) is 0 Å². The van der Waals surface area contributed by atoms with E-state index in [4.69, 9.17) is 4.74 Å². The minimum absolute atomic E-state index is 0.241. The van der Waals surface area contributed by atoms with Crippen molar-refractivity contribution < 1.29 is 9.53 Å². The Morgan fingerprint density at radius 2 is 2.05 bits per heavy atom. The number of ketones is 1. The molecule has 19 heavy (non-hydrogen) atoms. The summed E-state index contributed by atoms with van der Waals surface area (Å²) in [6, 6.07) is 8.21. The highest BCUT2D eigenvalue weighted by molar-refractivity contribution is 5.89. The summed E-state index contributed by atoms with van der Waals surface area (Å²) in [6.45, 7) is 4.27. The van der Waals surface area contributed by atoms with E-state index in [0.717, 1.165) is 24.8 Å². The van der Waals surface area contributed by atoms with Crippen LogP contribution in [0.15, 0.2) is 24.3 Å². The Balaban J connectivity index is 2.10. The number of hydrogen-bond donors (Lipinski definition) is 0. The summed E-state index contributed by atoms with van der Waals surface area (Å²) in [6.07, 6.45) is 4.53. The van der Waals surface area contributed by atoms with Crippen molar-refractivity contribution in [1.29, 1.82) is 0 Å². The zero-order chi connectivity index (χ0) is 13.9. The molecule has 2 rings (SSSR count). The van der Waals surface area contributed by atoms with Gasteiger partial charge in [0.1, 0.15) is 5.60 Å². The lowest BCUT2D eigenvalue weighted by Crippen LogP contribution is -2.45. The maximum Gasteiger partial charge on any atom is 0.168 e. The first kappa shape index (κ1) is 14.3. The van der Waals surface area contributed by atoms with Gasteiger partial charge in [-0.15, -0.1) is 0 Å². The highest BCUT2D eigenvalue weighted by Gasteiger charge is 2.41. The molecule has 1 aliphatic carbocycles. The Hall–Kier alpha value is -1.15. The molecule has 1 aromatic rings. The number of rotatable bonds is 4. The summed E-state index contributed by atoms with van der Waals surface area (Å²) in [5.41, 5.74) is 1.77. The summed E-state index contributed by atoms with van der Waals surface area (Å²) in [4.78, 5) is 12.6. The molecule has 0 amide bonds. The van der Waals surface area contributed by atoms with E-state index < -0.39 is 5.60 Å². The third-order valence-corrected chi connectivity index (χ3v) is 4.34. The van der Waals surface area contributed by atoms with Gasteiger partial charge in [0.25, 0.3) is 0 Å². The van der Waals surface area contributed by atoms with Crippen LogP contribution >= 0.6 is 0 Å². The average Bonchev–Trinajstić information content (AvgIpc) is 2.41. The van der Waals surface area contributed by atoms with Crippen LogP contribution in [0, 0.1) is 12.8 Å². The van der Waals surface area contributed by atoms with Crippen LogP contribution < -0.4 is 0 Å². The molecule has 0 saturated heterocycles. The van der Waals surface area contributed by atoms with Gasteiger partial charge < -0.3 is 4.74 Å². The maximum atomic E-state index is 12.6. The van der Waals surface area contributed by atoms with Crippen molar-refractivity contribution in [3.05, 3.63) is 35.4 Å². The van der Waals surface area contributed by atoms with E-state index in [2.05, 4.69) is 26.0 Å². The van der Waals surface area contributed by atoms with Crippen LogP contribution in [0.5, 0.6) is 0 Å². The molecule has 0 N–H and O–H groups in total. The molecular weight excluding hydrogens is 236 g/mol. The number of hydrogen-bond acceptors (Lipinski definition) is 2. The molecule has 2 unspecified atom stereocenters. The molecule has 1 saturated carbocycles. The molecule has 0 heterocycles. The molecule has 0 aromatic heterocycles. The monoisotopic (exact) mass is 260 g/mol. The standard InChI is InChI=1S/C17H24O2/c1-13-6-8-15(9-7-13)11-16(18)17(19-3)10-4-5-14(2)12-17/h6-9,14H,4-5,10-12H2,1-3H3. The molecule has 0 radical (unpaired) electrons. The number of Topliss-reactive ketones (excluding diaryl/α,β-unsaturated/α-hetero) is 1. The Bertz CT molecular complexity index is 435. The number of carbonyl (C=O) groups is 1. The lowest BCUT2D eigenvalue weighted by Gasteiger charge is -2.37. The highest BCUT2D eigenvalue weighted by atomic mass is 16.5. The molecule has 0 bridgehead atoms. The van der Waals surface area contributed by atoms with Gasteiger partial charge >= 0.3 is 0 Å². The zero-order valence-corrected chi connectivity index (χ0v) is 12.2. The molecule has 1 aromatic carbocycles. The van der Waals surface area contributed by atoms with Crippen molar-refractivity contribution in [1.82, 2.24) is 0 Å². The summed E-state index contributed by atoms with van der Waals surface area (Å²) >= 11 is 0. The van der Waals surface area contributed by atoms with Crippen molar-refractivity contribution >= 4 is 5.78 Å². The van der Waals surface area contributed by atoms with E-state index in [0.29, 0.717) is 12.3 Å². The van der Waals surface area contributed by atoms with Crippen LogP contribution in [-0.2, 0) is 16.0 Å². The maximum absolute atomic E-state index is 12.6. The lowest BCUT2D eigenvalue weighted by molar-refractivity contribution is -0.146. The number of methoxy groups -OCH3 is 1. The number of aryl methyl sites for hydroxylation is 1. The first-order valence-corrected chi connectivity index (χ1v) is 7.20. The van der Waals surface area contributed by atoms with E-state index in [1.165, 1.54) is 12.0 Å². The predicted molar refractivity (Wildman–Crippen MR) is 77.3 cm³/mol. The van der Waals surface area contributed by atoms with E-state index in [1.54, 1.807) is 7.11 Å². The minimum atomic E-state index is -0.539. The summed E-state index contributed by atoms with van der Waals surface area (Å²) in [7, 11) is 1.69. The molecule has 0 spiro atoms. The summed E-state index contributed by atoms with van der Waals surface area (Å²) in [5, 5.41) is 0. The third kappa shape index (κ3) is 3.24. The number of ether oxygens (including phenoxy) is 1. The largest absolute Gasteiger partial charge is 0.370 e. The van der Waals surface area contributed by atoms with Gasteiger partial charge in [-0.05, 0) is 37.7 Å². The second kappa shape index (κ2) is 5.87. The molecule has 104 valence electrons. The molecule has 0 aliphatic heterocycles. The smallest absolute Gasteiger partial charge is 0.168 e. The number of benzene rings is 1. The van der Waals surface area contributed by atoms with E-state index in [9.17, 15) is 4.79 Å². The fourth-order valence-electron chi connectivity index (χ4n) is 3.11. The van der Waals surface area contributed by atoms with Crippen LogP contribution in [0.4, 0.5) is 0 Å². The van der Waals surface area contributed by atoms with Crippen LogP contribution in [-0.4, -0.2) is 18.5 Å². The van der Waals surface area contributed by atoms with Crippen LogP contribution in [0.3, 0.4) is 0 Å². The van der Waals surface area contributed by atoms with Crippen molar-refractivity contribution in [2.24, 2.45) is 5.92 Å². The van der Waals surface area contributed by atoms with Crippen molar-refractivity contribution in [3.8, 4) is 0 Å². The second-order valence-electron chi connectivity index (χ2n) is 5.99. The second-order valence-corrected chi connectivity index (χ2v) is 5.99. The fourth-order valence-corrected chi connectivity index (χ4v) is 3.11. The topological polar surface area (TPSA) is 26.3 Å². The van der Waals surface area contributed by atoms with Crippen molar-refractivity contribution in [2.75, 3.05) is 7.11 Å². The van der Waals surface area contributed by atoms with Gasteiger partial charge in [-0.1, -0.05) is 43.2 Å². The Morgan fingerprint density at radius 3 is 2.63 bits per heavy atom. The summed E-state index contributed by atoms with van der Waals surface area (Å²) in [5.74, 6) is 0.820. The van der Waals surface area contributed by atoms with Crippen LogP contribution in [0.2, 0.25) is 0 Å². The van der Waals surface area contributed by atoms with Gasteiger partial charge in [0.15, 0.2) is 5.78 Å². The van der Waals surface area contributed by atoms with Gasteiger partial charge in [-0.3, -0.25) is 4.79 Å². The Kier molecular flexibility index (Phi) is 4.41. The Morgan fingerprint density at radius 1 is 1.37 bits per heavy atom. The lowest BCUT2D eigenvalue weighted by atomic mass is 9.75. The number of carbonyl (C=O) groups excluding carboxylic acids is 1. The van der Waals surface area contributed by atoms with Crippen molar-refractivity contribution in [3.63, 3.8) is 0 Å². The van der Waals surface area contributed by atoms with Gasteiger partial charge in [0.05, 0.1) is 0 Å². The van der Waals surface area contributed by atoms with Gasteiger partial charge in [0, 0.05) is 13.5 Å². The molecule has 2 heteroatoms. The van der Waals surface area contributed by atoms with Crippen LogP contribution in [0.1, 0.15) is 43.7 Å². The average molecular weight is 260 g/mol. The Labute approximate surface area is 116 Å². The van der Waals surface area contributed by atoms with Gasteiger partial charge in [-0.25, -0.2) is 0 Å². The quantitative estimate of drug-likeness (QED) is 0.825. The SMILES string of the molecule is COC1(C(=O)Cc2ccc(C)cc2)CCCC(C)C1. The van der Waals surface area contributed by atoms with Gasteiger partial charge in [0.2, 0.25) is 0 Å². The fraction of sp³-hybridized carbons (Fsp3) is 0.588. The summed E-state index contributed by atoms with van der Waals surface area (Å²) < 4.78 is 5.66.